The second-order valence-corrected chi connectivity index (χ2v) is 20.0. The molecule has 370 valence electrons. The van der Waals surface area contributed by atoms with Gasteiger partial charge in [0.15, 0.2) is 0 Å². The van der Waals surface area contributed by atoms with Crippen molar-refractivity contribution < 1.29 is 0 Å². The molecule has 4 heterocycles. The third kappa shape index (κ3) is 8.97. The quantitative estimate of drug-likeness (QED) is 0.130. The molecule has 0 amide bonds. The standard InChI is InChI=1S/C75H50N4/c1-5-21-51(22-6-1)58-42-60(48-76-46-58)66-32-15-13-29-63(66)55-39-56(64-30-14-16-33-67(64)61-43-59(47-77-49-61)52-23-7-2-8-24-52)41-57(40-55)65-31-17-18-34-68(65)72-50-78-73(53-25-9-3-10-26-53)45-70(72)54-37-38-75-71(44-54)69-35-19-20-36-74(69)79(75)62-27-11-4-12-28-62/h1-50H. The number of fused-ring (bicyclic) bond motifs is 3. The van der Waals surface area contributed by atoms with Crippen LogP contribution in [0.4, 0.5) is 0 Å². The molecular formula is C75H50N4. The fourth-order valence-corrected chi connectivity index (χ4v) is 11.5. The van der Waals surface area contributed by atoms with Crippen molar-refractivity contribution in [3.8, 4) is 117 Å². The van der Waals surface area contributed by atoms with Gasteiger partial charge in [0.1, 0.15) is 0 Å². The number of nitrogens with zero attached hydrogens (tertiary/aromatic N) is 4. The Bertz CT molecular complexity index is 4380. The lowest BCUT2D eigenvalue weighted by Crippen LogP contribution is -1.95. The lowest BCUT2D eigenvalue weighted by Gasteiger charge is -2.19. The van der Waals surface area contributed by atoms with Crippen LogP contribution >= 0.6 is 0 Å². The summed E-state index contributed by atoms with van der Waals surface area (Å²) >= 11 is 0. The van der Waals surface area contributed by atoms with Gasteiger partial charge in [-0.3, -0.25) is 15.0 Å². The van der Waals surface area contributed by atoms with Crippen LogP contribution < -0.4 is 0 Å². The van der Waals surface area contributed by atoms with Crippen molar-refractivity contribution in [3.63, 3.8) is 0 Å². The maximum Gasteiger partial charge on any atom is 0.0708 e. The number of rotatable bonds is 11. The van der Waals surface area contributed by atoms with E-state index in [-0.39, 0.29) is 0 Å². The molecule has 14 aromatic rings. The number of pyridine rings is 3. The molecule has 0 bridgehead atoms. The minimum atomic E-state index is 0.915. The van der Waals surface area contributed by atoms with Crippen LogP contribution in [0.25, 0.3) is 139 Å². The Morgan fingerprint density at radius 2 is 0.620 bits per heavy atom. The van der Waals surface area contributed by atoms with Gasteiger partial charge in [-0.1, -0.05) is 206 Å². The summed E-state index contributed by atoms with van der Waals surface area (Å²) in [7, 11) is 0. The molecule has 10 aromatic carbocycles. The average Bonchev–Trinajstić information content (AvgIpc) is 4.16. The van der Waals surface area contributed by atoms with Gasteiger partial charge < -0.3 is 4.57 Å². The fraction of sp³-hybridized carbons (Fsp3) is 0. The van der Waals surface area contributed by atoms with E-state index in [0.717, 1.165) is 123 Å². The van der Waals surface area contributed by atoms with Gasteiger partial charge in [0.25, 0.3) is 0 Å². The van der Waals surface area contributed by atoms with Crippen molar-refractivity contribution in [3.05, 3.63) is 304 Å². The topological polar surface area (TPSA) is 43.6 Å². The highest BCUT2D eigenvalue weighted by atomic mass is 15.0. The molecule has 4 aromatic heterocycles. The molecule has 0 aliphatic rings. The maximum absolute atomic E-state index is 5.26. The van der Waals surface area contributed by atoms with Crippen LogP contribution in [0, 0.1) is 0 Å². The van der Waals surface area contributed by atoms with E-state index < -0.39 is 0 Å². The zero-order chi connectivity index (χ0) is 52.5. The van der Waals surface area contributed by atoms with E-state index in [0.29, 0.717) is 0 Å². The molecule has 0 unspecified atom stereocenters. The van der Waals surface area contributed by atoms with Gasteiger partial charge >= 0.3 is 0 Å². The van der Waals surface area contributed by atoms with Crippen LogP contribution in [0.3, 0.4) is 0 Å². The first-order chi connectivity index (χ1) is 39.2. The molecule has 0 saturated carbocycles. The highest BCUT2D eigenvalue weighted by Gasteiger charge is 2.21. The lowest BCUT2D eigenvalue weighted by molar-refractivity contribution is 1.18. The van der Waals surface area contributed by atoms with E-state index in [4.69, 9.17) is 15.0 Å². The molecule has 0 radical (unpaired) electrons. The van der Waals surface area contributed by atoms with E-state index in [9.17, 15) is 0 Å². The first kappa shape index (κ1) is 46.9. The minimum absolute atomic E-state index is 0.915. The summed E-state index contributed by atoms with van der Waals surface area (Å²) < 4.78 is 2.38. The summed E-state index contributed by atoms with van der Waals surface area (Å²) in [4.78, 5) is 14.9. The highest BCUT2D eigenvalue weighted by molar-refractivity contribution is 6.11. The molecule has 0 atom stereocenters. The molecule has 0 fully saturated rings. The molecule has 0 aliphatic carbocycles. The smallest absolute Gasteiger partial charge is 0.0708 e. The Morgan fingerprint density at radius 1 is 0.215 bits per heavy atom. The van der Waals surface area contributed by atoms with Crippen molar-refractivity contribution in [1.82, 2.24) is 19.5 Å². The zero-order valence-electron chi connectivity index (χ0n) is 43.2. The maximum atomic E-state index is 5.26. The highest BCUT2D eigenvalue weighted by Crippen LogP contribution is 2.46. The van der Waals surface area contributed by atoms with Crippen molar-refractivity contribution in [1.29, 1.82) is 0 Å². The second-order valence-electron chi connectivity index (χ2n) is 20.0. The van der Waals surface area contributed by atoms with E-state index in [1.807, 2.05) is 24.8 Å². The van der Waals surface area contributed by atoms with E-state index in [2.05, 4.69) is 284 Å². The molecule has 14 rings (SSSR count). The first-order valence-electron chi connectivity index (χ1n) is 26.8. The van der Waals surface area contributed by atoms with Gasteiger partial charge in [-0.05, 0) is 139 Å². The van der Waals surface area contributed by atoms with Gasteiger partial charge in [0.05, 0.1) is 16.7 Å². The van der Waals surface area contributed by atoms with Crippen LogP contribution in [-0.4, -0.2) is 19.5 Å². The molecule has 79 heavy (non-hydrogen) atoms. The molecular weight excluding hydrogens is 957 g/mol. The molecule has 0 aliphatic heterocycles. The van der Waals surface area contributed by atoms with Gasteiger partial charge in [-0.15, -0.1) is 0 Å². The Hall–Kier alpha value is -10.6. The summed E-state index contributed by atoms with van der Waals surface area (Å²) in [5, 5.41) is 2.40. The van der Waals surface area contributed by atoms with Crippen molar-refractivity contribution in [2.24, 2.45) is 0 Å². The lowest BCUT2D eigenvalue weighted by atomic mass is 9.85. The van der Waals surface area contributed by atoms with Gasteiger partial charge in [-0.25, -0.2) is 0 Å². The third-order valence-electron chi connectivity index (χ3n) is 15.2. The molecule has 0 N–H and O–H groups in total. The predicted octanol–water partition coefficient (Wildman–Crippen LogP) is 19.6. The minimum Gasteiger partial charge on any atom is -0.309 e. The molecule has 0 spiro atoms. The van der Waals surface area contributed by atoms with Crippen LogP contribution in [0.1, 0.15) is 0 Å². The summed E-state index contributed by atoms with van der Waals surface area (Å²) in [6, 6.07) is 98.0. The Balaban J connectivity index is 0.981. The fourth-order valence-electron chi connectivity index (χ4n) is 11.5. The van der Waals surface area contributed by atoms with Crippen LogP contribution in [0.15, 0.2) is 304 Å². The average molecular weight is 1010 g/mol. The van der Waals surface area contributed by atoms with Gasteiger partial charge in [-0.2, -0.15) is 0 Å². The summed E-state index contributed by atoms with van der Waals surface area (Å²) in [6.07, 6.45) is 9.96. The van der Waals surface area contributed by atoms with Crippen LogP contribution in [0.5, 0.6) is 0 Å². The van der Waals surface area contributed by atoms with Gasteiger partial charge in [0, 0.05) is 80.8 Å². The number of hydrogen-bond donors (Lipinski definition) is 0. The molecule has 0 saturated heterocycles. The van der Waals surface area contributed by atoms with E-state index >= 15 is 0 Å². The van der Waals surface area contributed by atoms with Crippen LogP contribution in [0.2, 0.25) is 0 Å². The number of benzene rings is 10. The third-order valence-corrected chi connectivity index (χ3v) is 15.2. The largest absolute Gasteiger partial charge is 0.309 e. The van der Waals surface area contributed by atoms with Crippen molar-refractivity contribution in [2.75, 3.05) is 0 Å². The first-order valence-corrected chi connectivity index (χ1v) is 26.8. The predicted molar refractivity (Wildman–Crippen MR) is 329 cm³/mol. The second kappa shape index (κ2) is 20.5. The Morgan fingerprint density at radius 3 is 1.16 bits per heavy atom. The van der Waals surface area contributed by atoms with Crippen LogP contribution in [-0.2, 0) is 0 Å². The molecule has 4 nitrogen and oxygen atoms in total. The van der Waals surface area contributed by atoms with Crippen molar-refractivity contribution in [2.45, 2.75) is 0 Å². The Labute approximate surface area is 460 Å². The van der Waals surface area contributed by atoms with Crippen molar-refractivity contribution >= 4 is 21.8 Å². The Kier molecular flexibility index (Phi) is 12.2. The zero-order valence-corrected chi connectivity index (χ0v) is 43.2. The summed E-state index contributed by atoms with van der Waals surface area (Å²) in [5.74, 6) is 0. The van der Waals surface area contributed by atoms with Gasteiger partial charge in [0.2, 0.25) is 0 Å². The summed E-state index contributed by atoms with van der Waals surface area (Å²) in [5.41, 5.74) is 25.0. The SMILES string of the molecule is c1ccc(-c2cncc(-c3ccccc3-c3cc(-c4ccccc4-c4cncc(-c5ccccc5)c4)cc(-c4ccccc4-c4cnc(-c5ccccc5)cc4-c4ccc5c(c4)c4ccccc4n5-c4ccccc4)c3)c2)cc1. The monoisotopic (exact) mass is 1010 g/mol. The number of para-hydroxylation sites is 2. The summed E-state index contributed by atoms with van der Waals surface area (Å²) in [6.45, 7) is 0. The number of aromatic nitrogens is 4. The molecule has 4 heteroatoms. The normalized spacial score (nSPS) is 11.3. The number of hydrogen-bond acceptors (Lipinski definition) is 3. The van der Waals surface area contributed by atoms with E-state index in [1.54, 1.807) is 0 Å². The van der Waals surface area contributed by atoms with E-state index in [1.165, 1.54) is 16.3 Å².